The van der Waals surface area contributed by atoms with Crippen molar-refractivity contribution in [3.05, 3.63) is 35.9 Å². The monoisotopic (exact) mass is 328 g/mol. The van der Waals surface area contributed by atoms with Crippen molar-refractivity contribution >= 4 is 0 Å². The van der Waals surface area contributed by atoms with E-state index in [1.54, 1.807) is 7.11 Å². The van der Waals surface area contributed by atoms with Crippen LogP contribution in [0.3, 0.4) is 0 Å². The Balaban J connectivity index is 1.42. The minimum Gasteiger partial charge on any atom is -0.497 e. The summed E-state index contributed by atoms with van der Waals surface area (Å²) < 4.78 is 13.4. The lowest BCUT2D eigenvalue weighted by Gasteiger charge is -2.19. The van der Waals surface area contributed by atoms with Crippen LogP contribution in [-0.4, -0.2) is 35.0 Å². The lowest BCUT2D eigenvalue weighted by molar-refractivity contribution is 0.312. The maximum atomic E-state index is 5.89. The van der Waals surface area contributed by atoms with E-state index >= 15 is 0 Å². The minimum atomic E-state index is 0.314. The lowest BCUT2D eigenvalue weighted by Crippen LogP contribution is -2.25. The van der Waals surface area contributed by atoms with Crippen molar-refractivity contribution in [2.45, 2.75) is 44.2 Å². The predicted molar refractivity (Wildman–Crippen MR) is 90.5 cm³/mol. The van der Waals surface area contributed by atoms with Crippen molar-refractivity contribution < 1.29 is 9.47 Å². The Labute approximate surface area is 142 Å². The van der Waals surface area contributed by atoms with Gasteiger partial charge in [-0.1, -0.05) is 6.07 Å². The lowest BCUT2D eigenvalue weighted by atomic mass is 10.0. The number of fused-ring (bicyclic) bond motifs is 1. The van der Waals surface area contributed by atoms with Gasteiger partial charge in [0.15, 0.2) is 0 Å². The Kier molecular flexibility index (Phi) is 4.38. The number of nitrogens with one attached hydrogen (secondary N) is 1. The van der Waals surface area contributed by atoms with Gasteiger partial charge in [0.25, 0.3) is 0 Å². The van der Waals surface area contributed by atoms with Crippen LogP contribution in [0.25, 0.3) is 0 Å². The van der Waals surface area contributed by atoms with Crippen LogP contribution in [0.2, 0.25) is 0 Å². The molecule has 1 saturated carbocycles. The first kappa shape index (κ1) is 15.4. The van der Waals surface area contributed by atoms with E-state index < -0.39 is 0 Å². The van der Waals surface area contributed by atoms with E-state index in [4.69, 9.17) is 9.47 Å². The maximum absolute atomic E-state index is 5.89. The summed E-state index contributed by atoms with van der Waals surface area (Å²) in [7, 11) is 1.69. The van der Waals surface area contributed by atoms with Gasteiger partial charge in [-0.15, -0.1) is 10.2 Å². The fraction of sp³-hybridized carbons (Fsp3) is 0.556. The van der Waals surface area contributed by atoms with Crippen molar-refractivity contribution in [3.8, 4) is 11.5 Å². The molecule has 128 valence electrons. The summed E-state index contributed by atoms with van der Waals surface area (Å²) in [4.78, 5) is 0. The van der Waals surface area contributed by atoms with Gasteiger partial charge in [-0.05, 0) is 31.7 Å². The second-order valence-electron chi connectivity index (χ2n) is 6.56. The van der Waals surface area contributed by atoms with Crippen molar-refractivity contribution in [1.82, 2.24) is 20.1 Å². The third kappa shape index (κ3) is 3.24. The van der Waals surface area contributed by atoms with Crippen molar-refractivity contribution in [2.24, 2.45) is 0 Å². The van der Waals surface area contributed by atoms with Crippen LogP contribution in [0.15, 0.2) is 24.5 Å². The highest BCUT2D eigenvalue weighted by atomic mass is 16.5. The fourth-order valence-corrected chi connectivity index (χ4v) is 3.34. The van der Waals surface area contributed by atoms with Gasteiger partial charge < -0.3 is 19.4 Å². The van der Waals surface area contributed by atoms with E-state index in [9.17, 15) is 0 Å². The molecule has 1 aromatic carbocycles. The van der Waals surface area contributed by atoms with Gasteiger partial charge >= 0.3 is 0 Å². The molecule has 6 nitrogen and oxygen atoms in total. The van der Waals surface area contributed by atoms with Crippen LogP contribution in [0.4, 0.5) is 0 Å². The number of nitrogens with zero attached hydrogens (tertiary/aromatic N) is 3. The van der Waals surface area contributed by atoms with Gasteiger partial charge in [-0.3, -0.25) is 0 Å². The Morgan fingerprint density at radius 2 is 2.25 bits per heavy atom. The molecule has 1 N–H and O–H groups in total. The molecule has 1 atom stereocenters. The van der Waals surface area contributed by atoms with Gasteiger partial charge in [0.05, 0.1) is 13.7 Å². The molecule has 24 heavy (non-hydrogen) atoms. The van der Waals surface area contributed by atoms with Crippen LogP contribution in [0.5, 0.6) is 11.5 Å². The standard InChI is InChI=1S/C18H24N4O2/c1-23-14-6-7-15-16(3-2-10-24-17(15)11-14)19-8-9-22-12-20-21-18(22)13-4-5-13/h6-7,11-13,16,19H,2-5,8-10H2,1H3. The molecule has 0 amide bonds. The Morgan fingerprint density at radius 1 is 1.33 bits per heavy atom. The van der Waals surface area contributed by atoms with E-state index in [1.165, 1.54) is 18.4 Å². The Morgan fingerprint density at radius 3 is 3.08 bits per heavy atom. The van der Waals surface area contributed by atoms with Crippen LogP contribution < -0.4 is 14.8 Å². The fourth-order valence-electron chi connectivity index (χ4n) is 3.34. The molecule has 2 heterocycles. The molecule has 0 saturated heterocycles. The largest absolute Gasteiger partial charge is 0.497 e. The summed E-state index contributed by atoms with van der Waals surface area (Å²) in [5.41, 5.74) is 1.22. The normalized spacial score (nSPS) is 20.1. The number of hydrogen-bond acceptors (Lipinski definition) is 5. The summed E-state index contributed by atoms with van der Waals surface area (Å²) in [5, 5.41) is 12.0. The molecule has 6 heteroatoms. The quantitative estimate of drug-likeness (QED) is 0.883. The second kappa shape index (κ2) is 6.81. The number of aromatic nitrogens is 3. The molecule has 0 spiro atoms. The number of methoxy groups -OCH3 is 1. The maximum Gasteiger partial charge on any atom is 0.135 e. The third-order valence-electron chi connectivity index (χ3n) is 4.82. The zero-order valence-electron chi connectivity index (χ0n) is 14.1. The van der Waals surface area contributed by atoms with Gasteiger partial charge in [0, 0.05) is 36.7 Å². The van der Waals surface area contributed by atoms with E-state index in [2.05, 4.69) is 26.1 Å². The highest BCUT2D eigenvalue weighted by Crippen LogP contribution is 2.38. The summed E-state index contributed by atoms with van der Waals surface area (Å²) in [6.45, 7) is 2.56. The first-order valence-electron chi connectivity index (χ1n) is 8.77. The van der Waals surface area contributed by atoms with Crippen LogP contribution in [0, 0.1) is 0 Å². The first-order chi connectivity index (χ1) is 11.8. The topological polar surface area (TPSA) is 61.2 Å². The Hall–Kier alpha value is -2.08. The molecule has 1 aliphatic heterocycles. The summed E-state index contributed by atoms with van der Waals surface area (Å²) >= 11 is 0. The number of benzene rings is 1. The van der Waals surface area contributed by atoms with Gasteiger partial charge in [-0.2, -0.15) is 0 Å². The highest BCUT2D eigenvalue weighted by Gasteiger charge is 2.28. The molecule has 2 aliphatic rings. The SMILES string of the molecule is COc1ccc2c(c1)OCCCC2NCCn1cnnc1C1CC1. The van der Waals surface area contributed by atoms with Gasteiger partial charge in [-0.25, -0.2) is 0 Å². The second-order valence-corrected chi connectivity index (χ2v) is 6.56. The molecular formula is C18H24N4O2. The summed E-state index contributed by atoms with van der Waals surface area (Å²) in [6.07, 6.45) is 6.48. The molecule has 2 aromatic rings. The molecular weight excluding hydrogens is 304 g/mol. The predicted octanol–water partition coefficient (Wildman–Crippen LogP) is 2.67. The number of ether oxygens (including phenoxy) is 2. The van der Waals surface area contributed by atoms with E-state index in [-0.39, 0.29) is 0 Å². The van der Waals surface area contributed by atoms with Crippen molar-refractivity contribution in [2.75, 3.05) is 20.3 Å². The zero-order chi connectivity index (χ0) is 16.4. The summed E-state index contributed by atoms with van der Waals surface area (Å²) in [5.74, 6) is 3.55. The average molecular weight is 328 g/mol. The molecule has 0 radical (unpaired) electrons. The van der Waals surface area contributed by atoms with Crippen molar-refractivity contribution in [3.63, 3.8) is 0 Å². The number of hydrogen-bond donors (Lipinski definition) is 1. The zero-order valence-corrected chi connectivity index (χ0v) is 14.1. The first-order valence-corrected chi connectivity index (χ1v) is 8.77. The van der Waals surface area contributed by atoms with Crippen LogP contribution in [-0.2, 0) is 6.54 Å². The molecule has 1 aromatic heterocycles. The smallest absolute Gasteiger partial charge is 0.135 e. The van der Waals surface area contributed by atoms with E-state index in [0.717, 1.165) is 49.9 Å². The average Bonchev–Trinajstić information content (AvgIpc) is 3.38. The molecule has 1 unspecified atom stereocenters. The summed E-state index contributed by atoms with van der Waals surface area (Å²) in [6, 6.07) is 6.42. The minimum absolute atomic E-state index is 0.314. The van der Waals surface area contributed by atoms with E-state index in [0.29, 0.717) is 12.0 Å². The van der Waals surface area contributed by atoms with Gasteiger partial charge in [0.1, 0.15) is 23.7 Å². The van der Waals surface area contributed by atoms with Crippen LogP contribution >= 0.6 is 0 Å². The molecule has 1 aliphatic carbocycles. The van der Waals surface area contributed by atoms with Crippen LogP contribution in [0.1, 0.15) is 49.0 Å². The molecule has 1 fully saturated rings. The Bertz CT molecular complexity index is 696. The van der Waals surface area contributed by atoms with E-state index in [1.807, 2.05) is 18.5 Å². The third-order valence-corrected chi connectivity index (χ3v) is 4.82. The van der Waals surface area contributed by atoms with Gasteiger partial charge in [0.2, 0.25) is 0 Å². The molecule has 4 rings (SSSR count). The molecule has 0 bridgehead atoms. The highest BCUT2D eigenvalue weighted by molar-refractivity contribution is 5.43. The van der Waals surface area contributed by atoms with Crippen molar-refractivity contribution in [1.29, 1.82) is 0 Å². The number of rotatable bonds is 6.